The number of carbonyl (C=O) groups excluding carboxylic acids is 1. The van der Waals surface area contributed by atoms with Crippen LogP contribution in [0.4, 0.5) is 0 Å². The van der Waals surface area contributed by atoms with Crippen LogP contribution in [0, 0.1) is 0 Å². The molecule has 0 radical (unpaired) electrons. The minimum atomic E-state index is -0.270. The van der Waals surface area contributed by atoms with E-state index >= 15 is 0 Å². The summed E-state index contributed by atoms with van der Waals surface area (Å²) in [5.74, 6) is 0.838. The Morgan fingerprint density at radius 2 is 1.73 bits per heavy atom. The first-order valence-electron chi connectivity index (χ1n) is 8.11. The molecule has 0 aliphatic rings. The van der Waals surface area contributed by atoms with E-state index in [2.05, 4.69) is 10.6 Å². The van der Waals surface area contributed by atoms with E-state index in [0.29, 0.717) is 13.0 Å². The first-order valence-corrected chi connectivity index (χ1v) is 8.11. The summed E-state index contributed by atoms with van der Waals surface area (Å²) in [6, 6.07) is 17.7. The number of nitrogens with zero attached hydrogens (tertiary/aromatic N) is 2. The zero-order valence-corrected chi connectivity index (χ0v) is 16.4. The molecule has 1 aromatic heterocycles. The van der Waals surface area contributed by atoms with E-state index in [9.17, 15) is 4.79 Å². The number of halogens is 2. The van der Waals surface area contributed by atoms with Gasteiger partial charge in [-0.05, 0) is 24.7 Å². The van der Waals surface area contributed by atoms with E-state index in [1.165, 1.54) is 0 Å². The lowest BCUT2D eigenvalue weighted by atomic mass is 10.1. The lowest BCUT2D eigenvalue weighted by molar-refractivity contribution is -0.121. The number of hydrogen-bond donors (Lipinski definition) is 2. The number of rotatable bonds is 6. The third kappa shape index (κ3) is 4.75. The molecule has 0 saturated carbocycles. The molecule has 2 N–H and O–H groups in total. The normalized spacial score (nSPS) is 11.3. The summed E-state index contributed by atoms with van der Waals surface area (Å²) in [6.07, 6.45) is 0.434. The molecule has 0 bridgehead atoms. The van der Waals surface area contributed by atoms with Crippen LogP contribution in [0.3, 0.4) is 0 Å². The van der Waals surface area contributed by atoms with Crippen molar-refractivity contribution in [3.63, 3.8) is 0 Å². The zero-order chi connectivity index (χ0) is 16.9. The van der Waals surface area contributed by atoms with Gasteiger partial charge < -0.3 is 15.2 Å². The van der Waals surface area contributed by atoms with E-state index < -0.39 is 0 Å². The van der Waals surface area contributed by atoms with Crippen molar-refractivity contribution in [2.45, 2.75) is 12.5 Å². The Bertz CT molecular complexity index is 836. The average Bonchev–Trinajstić information content (AvgIpc) is 2.95. The highest BCUT2D eigenvalue weighted by Crippen LogP contribution is 2.25. The van der Waals surface area contributed by atoms with E-state index in [1.807, 2.05) is 73.3 Å². The van der Waals surface area contributed by atoms with Gasteiger partial charge in [-0.2, -0.15) is 0 Å². The molecule has 0 aliphatic heterocycles. The largest absolute Gasteiger partial charge is 0.342 e. The number of para-hydroxylation sites is 2. The maximum Gasteiger partial charge on any atom is 0.222 e. The fraction of sp³-hybridized carbons (Fsp3) is 0.263. The molecule has 1 heterocycles. The molecule has 1 unspecified atom stereocenters. The minimum Gasteiger partial charge on any atom is -0.342 e. The van der Waals surface area contributed by atoms with Gasteiger partial charge >= 0.3 is 0 Å². The molecule has 5 nitrogen and oxygen atoms in total. The molecule has 0 spiro atoms. The molecule has 140 valence electrons. The van der Waals surface area contributed by atoms with Gasteiger partial charge in [-0.15, -0.1) is 24.8 Å². The molecule has 0 saturated heterocycles. The summed E-state index contributed by atoms with van der Waals surface area (Å²) in [5, 5.41) is 6.13. The van der Waals surface area contributed by atoms with Gasteiger partial charge in [-0.1, -0.05) is 42.5 Å². The van der Waals surface area contributed by atoms with Gasteiger partial charge in [-0.3, -0.25) is 4.79 Å². The highest BCUT2D eigenvalue weighted by Gasteiger charge is 2.22. The van der Waals surface area contributed by atoms with Gasteiger partial charge in [0, 0.05) is 20.0 Å². The molecule has 3 aromatic rings. The molecular weight excluding hydrogens is 371 g/mol. The van der Waals surface area contributed by atoms with Crippen LogP contribution in [0.15, 0.2) is 54.6 Å². The average molecular weight is 395 g/mol. The van der Waals surface area contributed by atoms with Crippen molar-refractivity contribution in [3.05, 3.63) is 66.0 Å². The van der Waals surface area contributed by atoms with Gasteiger partial charge in [0.1, 0.15) is 11.9 Å². The van der Waals surface area contributed by atoms with Crippen molar-refractivity contribution >= 4 is 41.8 Å². The van der Waals surface area contributed by atoms with Crippen LogP contribution in [0.5, 0.6) is 0 Å². The SMILES string of the molecule is CNCCC(=O)NC(c1ccccc1)c1nc2ccccc2n1C.Cl.Cl. The number of fused-ring (bicyclic) bond motifs is 1. The van der Waals surface area contributed by atoms with Gasteiger partial charge in [0.25, 0.3) is 0 Å². The quantitative estimate of drug-likeness (QED) is 0.674. The van der Waals surface area contributed by atoms with Gasteiger partial charge in [0.2, 0.25) is 5.91 Å². The van der Waals surface area contributed by atoms with E-state index in [0.717, 1.165) is 22.4 Å². The number of benzene rings is 2. The number of amides is 1. The van der Waals surface area contributed by atoms with Crippen LogP contribution in [0.2, 0.25) is 0 Å². The highest BCUT2D eigenvalue weighted by atomic mass is 35.5. The molecule has 0 fully saturated rings. The van der Waals surface area contributed by atoms with Gasteiger partial charge in [0.05, 0.1) is 11.0 Å². The molecule has 1 amide bonds. The van der Waals surface area contributed by atoms with Crippen molar-refractivity contribution in [1.29, 1.82) is 0 Å². The van der Waals surface area contributed by atoms with Crippen molar-refractivity contribution in [2.24, 2.45) is 7.05 Å². The van der Waals surface area contributed by atoms with Crippen molar-refractivity contribution < 1.29 is 4.79 Å². The number of imidazole rings is 1. The summed E-state index contributed by atoms with van der Waals surface area (Å²) >= 11 is 0. The van der Waals surface area contributed by atoms with Crippen LogP contribution < -0.4 is 10.6 Å². The second kappa shape index (κ2) is 10.2. The number of aromatic nitrogens is 2. The van der Waals surface area contributed by atoms with Crippen molar-refractivity contribution in [3.8, 4) is 0 Å². The Kier molecular flexibility index (Phi) is 8.58. The fourth-order valence-corrected chi connectivity index (χ4v) is 2.84. The van der Waals surface area contributed by atoms with E-state index in [1.54, 1.807) is 0 Å². The minimum absolute atomic E-state index is 0. The lowest BCUT2D eigenvalue weighted by Gasteiger charge is -2.19. The standard InChI is InChI=1S/C19H22N4O.2ClH/c1-20-13-12-17(24)22-18(14-8-4-3-5-9-14)19-21-15-10-6-7-11-16(15)23(19)2;;/h3-11,18,20H,12-13H2,1-2H3,(H,22,24);2*1H. The summed E-state index contributed by atoms with van der Waals surface area (Å²) < 4.78 is 2.05. The fourth-order valence-electron chi connectivity index (χ4n) is 2.84. The number of aryl methyl sites for hydroxylation is 1. The Morgan fingerprint density at radius 1 is 1.08 bits per heavy atom. The Hall–Kier alpha value is -2.08. The van der Waals surface area contributed by atoms with Crippen LogP contribution in [-0.4, -0.2) is 29.1 Å². The Balaban J connectivity index is 0.00000169. The summed E-state index contributed by atoms with van der Waals surface area (Å²) in [7, 11) is 3.83. The second-order valence-corrected chi connectivity index (χ2v) is 5.78. The topological polar surface area (TPSA) is 59.0 Å². The maximum atomic E-state index is 12.3. The van der Waals surface area contributed by atoms with Crippen LogP contribution in [0.25, 0.3) is 11.0 Å². The maximum absolute atomic E-state index is 12.3. The highest BCUT2D eigenvalue weighted by molar-refractivity contribution is 5.85. The van der Waals surface area contributed by atoms with Gasteiger partial charge in [0.15, 0.2) is 0 Å². The Labute approximate surface area is 166 Å². The smallest absolute Gasteiger partial charge is 0.222 e. The van der Waals surface area contributed by atoms with Crippen LogP contribution >= 0.6 is 24.8 Å². The van der Waals surface area contributed by atoms with Crippen LogP contribution in [0.1, 0.15) is 23.9 Å². The molecule has 3 rings (SSSR count). The first kappa shape index (κ1) is 22.0. The summed E-state index contributed by atoms with van der Waals surface area (Å²) in [4.78, 5) is 17.1. The number of nitrogens with one attached hydrogen (secondary N) is 2. The monoisotopic (exact) mass is 394 g/mol. The van der Waals surface area contributed by atoms with Gasteiger partial charge in [-0.25, -0.2) is 4.98 Å². The predicted molar refractivity (Wildman–Crippen MR) is 110 cm³/mol. The molecule has 2 aromatic carbocycles. The summed E-state index contributed by atoms with van der Waals surface area (Å²) in [5.41, 5.74) is 3.01. The van der Waals surface area contributed by atoms with Crippen molar-refractivity contribution in [1.82, 2.24) is 20.2 Å². The predicted octanol–water partition coefficient (Wildman–Crippen LogP) is 3.23. The molecular formula is C19H24Cl2N4O. The molecule has 1 atom stereocenters. The Morgan fingerprint density at radius 3 is 2.38 bits per heavy atom. The molecule has 7 heteroatoms. The lowest BCUT2D eigenvalue weighted by Crippen LogP contribution is -2.32. The molecule has 26 heavy (non-hydrogen) atoms. The van der Waals surface area contributed by atoms with E-state index in [-0.39, 0.29) is 36.8 Å². The zero-order valence-electron chi connectivity index (χ0n) is 14.8. The van der Waals surface area contributed by atoms with E-state index in [4.69, 9.17) is 4.98 Å². The first-order chi connectivity index (χ1) is 11.7. The molecule has 0 aliphatic carbocycles. The third-order valence-electron chi connectivity index (χ3n) is 4.12. The number of hydrogen-bond acceptors (Lipinski definition) is 3. The van der Waals surface area contributed by atoms with Crippen molar-refractivity contribution in [2.75, 3.05) is 13.6 Å². The number of carbonyl (C=O) groups is 1. The van der Waals surface area contributed by atoms with Crippen LogP contribution in [-0.2, 0) is 11.8 Å². The summed E-state index contributed by atoms with van der Waals surface area (Å²) in [6.45, 7) is 0.649. The second-order valence-electron chi connectivity index (χ2n) is 5.78. The third-order valence-corrected chi connectivity index (χ3v) is 4.12.